The monoisotopic (exact) mass is 365 g/mol. The van der Waals surface area contributed by atoms with Crippen LogP contribution in [0.5, 0.6) is 0 Å². The van der Waals surface area contributed by atoms with Gasteiger partial charge in [0.15, 0.2) is 11.4 Å². The largest absolute Gasteiger partial charge is 0.375 e. The van der Waals surface area contributed by atoms with Gasteiger partial charge < -0.3 is 10.4 Å². The second-order valence-corrected chi connectivity index (χ2v) is 6.75. The molecule has 0 spiro atoms. The molecule has 0 radical (unpaired) electrons. The summed E-state index contributed by atoms with van der Waals surface area (Å²) in [5, 5.41) is 15.3. The highest BCUT2D eigenvalue weighted by molar-refractivity contribution is 9.10. The maximum atomic E-state index is 12.3. The van der Waals surface area contributed by atoms with Crippen molar-refractivity contribution in [3.63, 3.8) is 0 Å². The van der Waals surface area contributed by atoms with Crippen molar-refractivity contribution in [1.82, 2.24) is 0 Å². The van der Waals surface area contributed by atoms with Crippen molar-refractivity contribution in [2.45, 2.75) is 18.9 Å². The Labute approximate surface area is 133 Å². The van der Waals surface area contributed by atoms with Crippen molar-refractivity contribution >= 4 is 44.6 Å². The van der Waals surface area contributed by atoms with Gasteiger partial charge in [0, 0.05) is 15.7 Å². The summed E-state index contributed by atoms with van der Waals surface area (Å²) in [5.41, 5.74) is 0.0463. The van der Waals surface area contributed by atoms with Crippen LogP contribution in [0.1, 0.15) is 27.2 Å². The number of halogens is 1. The van der Waals surface area contributed by atoms with Crippen LogP contribution in [-0.4, -0.2) is 16.8 Å². The Bertz CT molecular complexity index is 742. The van der Waals surface area contributed by atoms with E-state index in [4.69, 9.17) is 0 Å². The van der Waals surface area contributed by atoms with Crippen molar-refractivity contribution in [2.75, 3.05) is 5.32 Å². The molecule has 4 nitrogen and oxygen atoms in total. The van der Waals surface area contributed by atoms with Gasteiger partial charge >= 0.3 is 0 Å². The van der Waals surface area contributed by atoms with Crippen LogP contribution in [-0.2, 0) is 10.4 Å². The number of hydrogen-bond donors (Lipinski definition) is 2. The van der Waals surface area contributed by atoms with Gasteiger partial charge in [-0.1, -0.05) is 28.1 Å². The molecule has 2 N–H and O–H groups in total. The molecule has 2 aromatic rings. The van der Waals surface area contributed by atoms with Gasteiger partial charge in [0.1, 0.15) is 0 Å². The van der Waals surface area contributed by atoms with Gasteiger partial charge in [-0.05, 0) is 30.0 Å². The van der Waals surface area contributed by atoms with Crippen LogP contribution in [0.3, 0.4) is 0 Å². The first-order valence-electron chi connectivity index (χ1n) is 6.33. The number of aryl methyl sites for hydroxylation is 1. The number of nitrogens with one attached hydrogen (secondary N) is 1. The zero-order valence-corrected chi connectivity index (χ0v) is 13.5. The first-order valence-corrected chi connectivity index (χ1v) is 8.01. The molecule has 108 valence electrons. The topological polar surface area (TPSA) is 66.4 Å². The van der Waals surface area contributed by atoms with Crippen molar-refractivity contribution in [3.05, 3.63) is 50.1 Å². The minimum Gasteiger partial charge on any atom is -0.375 e. The normalized spacial score (nSPS) is 20.2. The smallest absolute Gasteiger partial charge is 0.261 e. The molecular formula is C15H12BrNO3S. The molecule has 1 aliphatic heterocycles. The first-order chi connectivity index (χ1) is 9.93. The zero-order valence-electron chi connectivity index (χ0n) is 11.1. The zero-order chi connectivity index (χ0) is 15.2. The van der Waals surface area contributed by atoms with Crippen molar-refractivity contribution in [3.8, 4) is 0 Å². The number of carbonyl (C=O) groups is 2. The maximum Gasteiger partial charge on any atom is 0.261 e. The number of anilines is 1. The number of thiophene rings is 1. The molecule has 0 aliphatic carbocycles. The van der Waals surface area contributed by atoms with Gasteiger partial charge in [-0.2, -0.15) is 0 Å². The number of hydrogen-bond acceptors (Lipinski definition) is 4. The van der Waals surface area contributed by atoms with Crippen molar-refractivity contribution < 1.29 is 14.7 Å². The molecule has 1 aromatic heterocycles. The Balaban J connectivity index is 2.04. The number of rotatable bonds is 3. The van der Waals surface area contributed by atoms with E-state index in [2.05, 4.69) is 21.2 Å². The number of Topliss-reactive ketones (excluding diaryl/α,β-unsaturated/α-hetero) is 1. The molecule has 0 saturated heterocycles. The van der Waals surface area contributed by atoms with E-state index in [1.165, 1.54) is 11.3 Å². The van der Waals surface area contributed by atoms with Gasteiger partial charge in [-0.15, -0.1) is 11.3 Å². The molecule has 6 heteroatoms. The fourth-order valence-corrected chi connectivity index (χ4v) is 3.79. The molecule has 2 heterocycles. The number of ketones is 1. The van der Waals surface area contributed by atoms with Gasteiger partial charge in [0.25, 0.3) is 5.91 Å². The molecule has 0 fully saturated rings. The van der Waals surface area contributed by atoms with Crippen LogP contribution >= 0.6 is 27.3 Å². The van der Waals surface area contributed by atoms with E-state index in [9.17, 15) is 14.7 Å². The Morgan fingerprint density at radius 1 is 1.43 bits per heavy atom. The molecule has 0 bridgehead atoms. The predicted octanol–water partition coefficient (Wildman–Crippen LogP) is 3.23. The average molecular weight is 366 g/mol. The Morgan fingerprint density at radius 3 is 2.86 bits per heavy atom. The standard InChI is InChI=1S/C15H12BrNO3S/c1-8-4-5-9-12(13(8)16)15(20,14(19)17-9)7-10(18)11-3-2-6-21-11/h2-6,20H,7H2,1H3,(H,17,19). The van der Waals surface area contributed by atoms with E-state index >= 15 is 0 Å². The lowest BCUT2D eigenvalue weighted by Gasteiger charge is -2.21. The molecule has 0 saturated carbocycles. The molecule has 1 aromatic carbocycles. The van der Waals surface area contributed by atoms with Crippen LogP contribution in [0.4, 0.5) is 5.69 Å². The second kappa shape index (κ2) is 5.05. The average Bonchev–Trinajstić information content (AvgIpc) is 3.03. The minimum absolute atomic E-state index is 0.246. The van der Waals surface area contributed by atoms with Crippen LogP contribution < -0.4 is 5.32 Å². The van der Waals surface area contributed by atoms with E-state index in [1.54, 1.807) is 23.6 Å². The van der Waals surface area contributed by atoms with Gasteiger partial charge in [-0.25, -0.2) is 0 Å². The highest BCUT2D eigenvalue weighted by atomic mass is 79.9. The van der Waals surface area contributed by atoms with Crippen molar-refractivity contribution in [1.29, 1.82) is 0 Å². The summed E-state index contributed by atoms with van der Waals surface area (Å²) >= 11 is 4.71. The van der Waals surface area contributed by atoms with Crippen LogP contribution in [0.2, 0.25) is 0 Å². The van der Waals surface area contributed by atoms with E-state index < -0.39 is 11.5 Å². The SMILES string of the molecule is Cc1ccc2c(c1Br)C(O)(CC(=O)c1cccs1)C(=O)N2. The summed E-state index contributed by atoms with van der Waals surface area (Å²) < 4.78 is 0.653. The third kappa shape index (κ3) is 2.23. The number of carbonyl (C=O) groups excluding carboxylic acids is 2. The van der Waals surface area contributed by atoms with Crippen LogP contribution in [0, 0.1) is 6.92 Å². The lowest BCUT2D eigenvalue weighted by molar-refractivity contribution is -0.133. The number of fused-ring (bicyclic) bond motifs is 1. The molecular weight excluding hydrogens is 354 g/mol. The minimum atomic E-state index is -1.83. The number of aliphatic hydroxyl groups is 1. The summed E-state index contributed by atoms with van der Waals surface area (Å²) in [6.07, 6.45) is -0.269. The first kappa shape index (κ1) is 14.4. The van der Waals surface area contributed by atoms with Gasteiger partial charge in [0.2, 0.25) is 0 Å². The van der Waals surface area contributed by atoms with E-state index in [1.807, 2.05) is 13.0 Å². The predicted molar refractivity (Wildman–Crippen MR) is 84.7 cm³/mol. The fourth-order valence-electron chi connectivity index (χ4n) is 2.45. The van der Waals surface area contributed by atoms with Crippen LogP contribution in [0.25, 0.3) is 0 Å². The summed E-state index contributed by atoms with van der Waals surface area (Å²) in [4.78, 5) is 25.0. The lowest BCUT2D eigenvalue weighted by Crippen LogP contribution is -2.36. The van der Waals surface area contributed by atoms with Crippen LogP contribution in [0.15, 0.2) is 34.1 Å². The number of amides is 1. The number of benzene rings is 1. The fraction of sp³-hybridized carbons (Fsp3) is 0.200. The van der Waals surface area contributed by atoms with Gasteiger partial charge in [-0.3, -0.25) is 9.59 Å². The molecule has 1 amide bonds. The maximum absolute atomic E-state index is 12.3. The third-order valence-corrected chi connectivity index (χ3v) is 5.52. The summed E-state index contributed by atoms with van der Waals surface area (Å²) in [5.74, 6) is -0.808. The summed E-state index contributed by atoms with van der Waals surface area (Å²) in [6.45, 7) is 1.87. The van der Waals surface area contributed by atoms with Crippen molar-refractivity contribution in [2.24, 2.45) is 0 Å². The quantitative estimate of drug-likeness (QED) is 0.820. The molecule has 1 aliphatic rings. The third-order valence-electron chi connectivity index (χ3n) is 3.58. The summed E-state index contributed by atoms with van der Waals surface area (Å²) in [7, 11) is 0. The van der Waals surface area contributed by atoms with E-state index in [0.717, 1.165) is 5.56 Å². The Kier molecular flexibility index (Phi) is 3.47. The highest BCUT2D eigenvalue weighted by Crippen LogP contribution is 2.44. The van der Waals surface area contributed by atoms with E-state index in [0.29, 0.717) is 20.6 Å². The molecule has 1 unspecified atom stereocenters. The van der Waals surface area contributed by atoms with E-state index in [-0.39, 0.29) is 12.2 Å². The molecule has 3 rings (SSSR count). The summed E-state index contributed by atoms with van der Waals surface area (Å²) in [6, 6.07) is 7.04. The molecule has 1 atom stereocenters. The Hall–Kier alpha value is -1.50. The lowest BCUT2D eigenvalue weighted by atomic mass is 9.88. The van der Waals surface area contributed by atoms with Gasteiger partial charge in [0.05, 0.1) is 11.3 Å². The second-order valence-electron chi connectivity index (χ2n) is 5.01. The molecule has 21 heavy (non-hydrogen) atoms. The highest BCUT2D eigenvalue weighted by Gasteiger charge is 2.48. The Morgan fingerprint density at radius 2 is 2.19 bits per heavy atom.